The maximum atomic E-state index is 12.0. The summed E-state index contributed by atoms with van der Waals surface area (Å²) in [7, 11) is 1.83. The van der Waals surface area contributed by atoms with Gasteiger partial charge in [0.2, 0.25) is 0 Å². The normalized spacial score (nSPS) is 12.2. The smallest absolute Gasteiger partial charge is 0.253 e. The van der Waals surface area contributed by atoms with E-state index in [4.69, 9.17) is 0 Å². The van der Waals surface area contributed by atoms with Crippen LogP contribution in [-0.4, -0.2) is 35.5 Å². The van der Waals surface area contributed by atoms with Crippen molar-refractivity contribution in [3.63, 3.8) is 0 Å². The summed E-state index contributed by atoms with van der Waals surface area (Å²) in [5.74, 6) is 0.0691. The zero-order chi connectivity index (χ0) is 12.1. The lowest BCUT2D eigenvalue weighted by Gasteiger charge is -2.23. The molecule has 0 aliphatic heterocycles. The van der Waals surface area contributed by atoms with Gasteiger partial charge in [-0.3, -0.25) is 4.79 Å². The predicted molar refractivity (Wildman–Crippen MR) is 73.6 cm³/mol. The number of thioether (sulfide) groups is 1. The average Bonchev–Trinajstić information content (AvgIpc) is 2.36. The molecule has 0 saturated carbocycles. The quantitative estimate of drug-likeness (QED) is 0.628. The Morgan fingerprint density at radius 3 is 2.44 bits per heavy atom. The highest BCUT2D eigenvalue weighted by Crippen LogP contribution is 2.16. The molecule has 0 heterocycles. The van der Waals surface area contributed by atoms with Gasteiger partial charge in [0.1, 0.15) is 0 Å². The molecular formula is C12H16BrNOS. The van der Waals surface area contributed by atoms with Crippen molar-refractivity contribution in [1.29, 1.82) is 0 Å². The number of benzene rings is 1. The van der Waals surface area contributed by atoms with Crippen LogP contribution in [0.5, 0.6) is 0 Å². The Morgan fingerprint density at radius 1 is 1.44 bits per heavy atom. The number of amides is 1. The van der Waals surface area contributed by atoms with Crippen molar-refractivity contribution < 1.29 is 4.79 Å². The molecule has 0 spiro atoms. The monoisotopic (exact) mass is 301 g/mol. The molecule has 0 radical (unpaired) electrons. The van der Waals surface area contributed by atoms with E-state index in [-0.39, 0.29) is 11.9 Å². The molecule has 0 aliphatic carbocycles. The summed E-state index contributed by atoms with van der Waals surface area (Å²) in [4.78, 5) is 15.0. The fraction of sp³-hybridized carbons (Fsp3) is 0.417. The van der Waals surface area contributed by atoms with E-state index < -0.39 is 0 Å². The number of hydrogen-bond donors (Lipinski definition) is 0. The van der Waals surface area contributed by atoms with Gasteiger partial charge in [-0.15, -0.1) is 11.8 Å². The Labute approximate surface area is 110 Å². The predicted octanol–water partition coefficient (Wildman–Crippen LogP) is 3.26. The maximum Gasteiger partial charge on any atom is 0.253 e. The molecule has 1 aromatic carbocycles. The molecule has 0 fully saturated rings. The number of rotatable bonds is 4. The van der Waals surface area contributed by atoms with Crippen molar-refractivity contribution in [1.82, 2.24) is 4.90 Å². The Bertz CT molecular complexity index is 353. The van der Waals surface area contributed by atoms with Crippen molar-refractivity contribution in [2.24, 2.45) is 0 Å². The van der Waals surface area contributed by atoms with E-state index in [2.05, 4.69) is 15.9 Å². The molecule has 16 heavy (non-hydrogen) atoms. The first-order valence-corrected chi connectivity index (χ1v) is 7.42. The summed E-state index contributed by atoms with van der Waals surface area (Å²) in [5, 5.41) is 0.790. The first-order valence-electron chi connectivity index (χ1n) is 5.07. The molecule has 0 aromatic heterocycles. The summed E-state index contributed by atoms with van der Waals surface area (Å²) < 4.78 is 0. The SMILES string of the molecule is CSc1ccc(C(=O)N(C)C(C)CBr)cc1. The first-order chi connectivity index (χ1) is 7.60. The molecule has 0 bridgehead atoms. The second kappa shape index (κ2) is 6.30. The topological polar surface area (TPSA) is 20.3 Å². The first kappa shape index (κ1) is 13.6. The van der Waals surface area contributed by atoms with Crippen LogP contribution in [-0.2, 0) is 0 Å². The second-order valence-corrected chi connectivity index (χ2v) is 5.18. The van der Waals surface area contributed by atoms with Gasteiger partial charge in [0.25, 0.3) is 5.91 Å². The van der Waals surface area contributed by atoms with Gasteiger partial charge in [-0.25, -0.2) is 0 Å². The summed E-state index contributed by atoms with van der Waals surface area (Å²) in [6.07, 6.45) is 2.02. The van der Waals surface area contributed by atoms with E-state index in [1.807, 2.05) is 44.5 Å². The Balaban J connectivity index is 2.80. The van der Waals surface area contributed by atoms with E-state index in [0.717, 1.165) is 10.9 Å². The summed E-state index contributed by atoms with van der Waals surface area (Å²) in [5.41, 5.74) is 0.744. The largest absolute Gasteiger partial charge is 0.338 e. The number of nitrogens with zero attached hydrogens (tertiary/aromatic N) is 1. The third-order valence-corrected chi connectivity index (χ3v) is 4.22. The van der Waals surface area contributed by atoms with Gasteiger partial charge < -0.3 is 4.90 Å². The van der Waals surface area contributed by atoms with Crippen LogP contribution in [0.4, 0.5) is 0 Å². The zero-order valence-corrected chi connectivity index (χ0v) is 12.1. The third kappa shape index (κ3) is 3.25. The fourth-order valence-electron chi connectivity index (χ4n) is 1.24. The fourth-order valence-corrected chi connectivity index (χ4v) is 2.08. The van der Waals surface area contributed by atoms with Crippen LogP contribution >= 0.6 is 27.7 Å². The minimum absolute atomic E-state index is 0.0691. The highest BCUT2D eigenvalue weighted by Gasteiger charge is 2.16. The van der Waals surface area contributed by atoms with E-state index in [1.54, 1.807) is 16.7 Å². The van der Waals surface area contributed by atoms with Gasteiger partial charge in [0, 0.05) is 28.9 Å². The number of halogens is 1. The van der Waals surface area contributed by atoms with E-state index in [9.17, 15) is 4.79 Å². The van der Waals surface area contributed by atoms with Crippen molar-refractivity contribution in [2.75, 3.05) is 18.6 Å². The molecule has 1 amide bonds. The lowest BCUT2D eigenvalue weighted by molar-refractivity contribution is 0.0758. The molecule has 4 heteroatoms. The van der Waals surface area contributed by atoms with E-state index >= 15 is 0 Å². The van der Waals surface area contributed by atoms with Crippen LogP contribution in [0.1, 0.15) is 17.3 Å². The summed E-state index contributed by atoms with van der Waals surface area (Å²) >= 11 is 5.06. The van der Waals surface area contributed by atoms with Crippen LogP contribution < -0.4 is 0 Å². The standard InChI is InChI=1S/C12H16BrNOS/c1-9(8-13)14(2)12(15)10-4-6-11(16-3)7-5-10/h4-7,9H,8H2,1-3H3. The van der Waals surface area contributed by atoms with Crippen LogP contribution in [0, 0.1) is 0 Å². The molecule has 1 aromatic rings. The molecule has 1 unspecified atom stereocenters. The number of carbonyl (C=O) groups excluding carboxylic acids is 1. The number of hydrogen-bond acceptors (Lipinski definition) is 2. The minimum atomic E-state index is 0.0691. The lowest BCUT2D eigenvalue weighted by Crippen LogP contribution is -2.36. The van der Waals surface area contributed by atoms with Gasteiger partial charge in [-0.2, -0.15) is 0 Å². The van der Waals surface area contributed by atoms with Crippen LogP contribution in [0.15, 0.2) is 29.2 Å². The van der Waals surface area contributed by atoms with Gasteiger partial charge in [-0.1, -0.05) is 15.9 Å². The van der Waals surface area contributed by atoms with Crippen molar-refractivity contribution in [3.05, 3.63) is 29.8 Å². The number of alkyl halides is 1. The average molecular weight is 302 g/mol. The van der Waals surface area contributed by atoms with Crippen molar-refractivity contribution >= 4 is 33.6 Å². The molecule has 88 valence electrons. The van der Waals surface area contributed by atoms with Crippen LogP contribution in [0.3, 0.4) is 0 Å². The van der Waals surface area contributed by atoms with Crippen molar-refractivity contribution in [2.45, 2.75) is 17.9 Å². The highest BCUT2D eigenvalue weighted by molar-refractivity contribution is 9.09. The number of carbonyl (C=O) groups is 1. The van der Waals surface area contributed by atoms with E-state index in [1.165, 1.54) is 4.90 Å². The van der Waals surface area contributed by atoms with Gasteiger partial charge >= 0.3 is 0 Å². The Kier molecular flexibility index (Phi) is 5.35. The minimum Gasteiger partial charge on any atom is -0.338 e. The molecule has 1 atom stereocenters. The lowest BCUT2D eigenvalue weighted by atomic mass is 10.2. The summed E-state index contributed by atoms with van der Waals surface area (Å²) in [6.45, 7) is 2.02. The highest BCUT2D eigenvalue weighted by atomic mass is 79.9. The third-order valence-electron chi connectivity index (χ3n) is 2.54. The molecule has 2 nitrogen and oxygen atoms in total. The molecule has 0 aliphatic rings. The van der Waals surface area contributed by atoms with E-state index in [0.29, 0.717) is 0 Å². The maximum absolute atomic E-state index is 12.0. The van der Waals surface area contributed by atoms with Gasteiger partial charge in [0.05, 0.1) is 0 Å². The molecule has 1 rings (SSSR count). The Morgan fingerprint density at radius 2 is 2.00 bits per heavy atom. The van der Waals surface area contributed by atoms with Gasteiger partial charge in [-0.05, 0) is 37.4 Å². The zero-order valence-electron chi connectivity index (χ0n) is 9.74. The second-order valence-electron chi connectivity index (χ2n) is 3.65. The summed E-state index contributed by atoms with van der Waals surface area (Å²) in [6, 6.07) is 7.92. The molecular weight excluding hydrogens is 286 g/mol. The van der Waals surface area contributed by atoms with Crippen LogP contribution in [0.25, 0.3) is 0 Å². The molecule has 0 N–H and O–H groups in total. The van der Waals surface area contributed by atoms with Gasteiger partial charge in [0.15, 0.2) is 0 Å². The Hall–Kier alpha value is -0.480. The molecule has 0 saturated heterocycles. The van der Waals surface area contributed by atoms with Crippen LogP contribution in [0.2, 0.25) is 0 Å². The van der Waals surface area contributed by atoms with Crippen molar-refractivity contribution in [3.8, 4) is 0 Å².